The Hall–Kier alpha value is -0.400. The average molecular weight is 306 g/mol. The van der Waals surface area contributed by atoms with Crippen LogP contribution in [0.15, 0.2) is 30.3 Å². The molecule has 0 saturated carbocycles. The molecule has 4 heteroatoms. The summed E-state index contributed by atoms with van der Waals surface area (Å²) in [5.41, 5.74) is 2.51. The van der Waals surface area contributed by atoms with E-state index in [-0.39, 0.29) is 0 Å². The molecule has 0 bridgehead atoms. The maximum absolute atomic E-state index is 6.20. The Morgan fingerprint density at radius 1 is 0.706 bits per heavy atom. The van der Waals surface area contributed by atoms with Crippen molar-refractivity contribution in [1.82, 2.24) is 0 Å². The van der Waals surface area contributed by atoms with Crippen molar-refractivity contribution < 1.29 is 0 Å². The van der Waals surface area contributed by atoms with Gasteiger partial charge in [-0.25, -0.2) is 0 Å². The number of rotatable bonds is 1. The summed E-state index contributed by atoms with van der Waals surface area (Å²) in [5, 5.41) is 2.03. The smallest absolute Gasteiger partial charge is 0.0686 e. The molecule has 0 atom stereocenters. The molecule has 0 radical (unpaired) electrons. The van der Waals surface area contributed by atoms with Gasteiger partial charge in [-0.3, -0.25) is 0 Å². The lowest BCUT2D eigenvalue weighted by Crippen LogP contribution is -1.88. The molecule has 2 aromatic carbocycles. The predicted octanol–water partition coefficient (Wildman–Crippen LogP) is 6.28. The normalized spacial score (nSPS) is 10.6. The van der Waals surface area contributed by atoms with Crippen molar-refractivity contribution in [3.05, 3.63) is 56.0 Å². The Morgan fingerprint density at radius 3 is 1.94 bits per heavy atom. The monoisotopic (exact) mass is 304 g/mol. The van der Waals surface area contributed by atoms with Crippen LogP contribution in [0.1, 0.15) is 5.56 Å². The zero-order valence-electron chi connectivity index (χ0n) is 8.90. The van der Waals surface area contributed by atoms with Gasteiger partial charge in [0.2, 0.25) is 0 Å². The van der Waals surface area contributed by atoms with Crippen molar-refractivity contribution >= 4 is 46.4 Å². The number of halogens is 4. The number of hydrogen-bond acceptors (Lipinski definition) is 0. The number of hydrogen-bond donors (Lipinski definition) is 0. The second kappa shape index (κ2) is 5.07. The van der Waals surface area contributed by atoms with Crippen LogP contribution in [0.2, 0.25) is 20.1 Å². The highest BCUT2D eigenvalue weighted by Gasteiger charge is 2.16. The van der Waals surface area contributed by atoms with Gasteiger partial charge in [0.1, 0.15) is 0 Å². The zero-order chi connectivity index (χ0) is 12.6. The van der Waals surface area contributed by atoms with E-state index in [0.717, 1.165) is 11.1 Å². The summed E-state index contributed by atoms with van der Waals surface area (Å²) >= 11 is 24.6. The Balaban J connectivity index is 2.82. The molecule has 0 amide bonds. The first-order valence-corrected chi connectivity index (χ1v) is 6.42. The van der Waals surface area contributed by atoms with Crippen LogP contribution in [0.25, 0.3) is 11.1 Å². The van der Waals surface area contributed by atoms with Crippen molar-refractivity contribution in [2.24, 2.45) is 0 Å². The quantitative estimate of drug-likeness (QED) is 0.544. The highest BCUT2D eigenvalue weighted by Crippen LogP contribution is 2.43. The van der Waals surface area contributed by atoms with Crippen LogP contribution < -0.4 is 0 Å². The first kappa shape index (κ1) is 13.0. The summed E-state index contributed by atoms with van der Waals surface area (Å²) in [6, 6.07) is 9.02. The summed E-state index contributed by atoms with van der Waals surface area (Å²) in [6.45, 7) is 1.95. The maximum atomic E-state index is 6.20. The van der Waals surface area contributed by atoms with Gasteiger partial charge in [-0.1, -0.05) is 58.5 Å². The van der Waals surface area contributed by atoms with Gasteiger partial charge in [-0.2, -0.15) is 0 Å². The highest BCUT2D eigenvalue weighted by atomic mass is 35.5. The Labute approximate surface area is 120 Å². The fourth-order valence-electron chi connectivity index (χ4n) is 1.70. The van der Waals surface area contributed by atoms with E-state index >= 15 is 0 Å². The topological polar surface area (TPSA) is 0 Å². The van der Waals surface area contributed by atoms with Crippen LogP contribution in [-0.4, -0.2) is 0 Å². The van der Waals surface area contributed by atoms with Crippen LogP contribution in [-0.2, 0) is 0 Å². The van der Waals surface area contributed by atoms with Gasteiger partial charge in [0.25, 0.3) is 0 Å². The molecular weight excluding hydrogens is 298 g/mol. The minimum atomic E-state index is 0.426. The Kier molecular flexibility index (Phi) is 3.89. The predicted molar refractivity (Wildman–Crippen MR) is 76.7 cm³/mol. The van der Waals surface area contributed by atoms with Gasteiger partial charge in [-0.15, -0.1) is 0 Å². The first-order valence-electron chi connectivity index (χ1n) is 4.91. The van der Waals surface area contributed by atoms with Crippen LogP contribution >= 0.6 is 46.4 Å². The molecule has 0 aliphatic carbocycles. The van der Waals surface area contributed by atoms with E-state index in [1.54, 1.807) is 18.2 Å². The Bertz CT molecular complexity index is 556. The van der Waals surface area contributed by atoms with Crippen LogP contribution in [0.5, 0.6) is 0 Å². The van der Waals surface area contributed by atoms with Gasteiger partial charge in [-0.05, 0) is 30.7 Å². The van der Waals surface area contributed by atoms with Crippen molar-refractivity contribution in [3.8, 4) is 11.1 Å². The molecule has 0 fully saturated rings. The summed E-state index contributed by atoms with van der Waals surface area (Å²) < 4.78 is 0. The van der Waals surface area contributed by atoms with Crippen LogP contribution in [0.3, 0.4) is 0 Å². The first-order chi connectivity index (χ1) is 8.02. The minimum absolute atomic E-state index is 0.426. The molecule has 0 aliphatic heterocycles. The third kappa shape index (κ3) is 2.41. The van der Waals surface area contributed by atoms with E-state index in [4.69, 9.17) is 46.4 Å². The lowest BCUT2D eigenvalue weighted by molar-refractivity contribution is 1.46. The molecule has 2 aromatic rings. The standard InChI is InChI=1S/C13H8Cl4/c1-7-3-2-4-8(14)11(7)12-9(15)5-6-10(16)13(12)17/h2-6H,1H3. The second-order valence-corrected chi connectivity index (χ2v) is 5.25. The lowest BCUT2D eigenvalue weighted by atomic mass is 10.0. The van der Waals surface area contributed by atoms with Gasteiger partial charge in [0, 0.05) is 16.1 Å². The number of benzene rings is 2. The highest BCUT2D eigenvalue weighted by molar-refractivity contribution is 6.47. The summed E-state index contributed by atoms with van der Waals surface area (Å²) in [7, 11) is 0. The molecule has 0 unspecified atom stereocenters. The minimum Gasteiger partial charge on any atom is -0.0837 e. The molecule has 0 aliphatic rings. The number of aryl methyl sites for hydroxylation is 1. The van der Waals surface area contributed by atoms with Crippen LogP contribution in [0.4, 0.5) is 0 Å². The molecular formula is C13H8Cl4. The summed E-state index contributed by atoms with van der Waals surface area (Å²) in [6.07, 6.45) is 0. The van der Waals surface area contributed by atoms with E-state index in [1.807, 2.05) is 19.1 Å². The van der Waals surface area contributed by atoms with Crippen LogP contribution in [0, 0.1) is 6.92 Å². The van der Waals surface area contributed by atoms with E-state index in [9.17, 15) is 0 Å². The van der Waals surface area contributed by atoms with E-state index < -0.39 is 0 Å². The molecule has 0 N–H and O–H groups in total. The molecule has 0 nitrogen and oxygen atoms in total. The largest absolute Gasteiger partial charge is 0.0837 e. The van der Waals surface area contributed by atoms with Gasteiger partial charge in [0.05, 0.1) is 15.1 Å². The fourth-order valence-corrected chi connectivity index (χ4v) is 2.74. The van der Waals surface area contributed by atoms with Crippen molar-refractivity contribution in [1.29, 1.82) is 0 Å². The van der Waals surface area contributed by atoms with Gasteiger partial charge < -0.3 is 0 Å². The zero-order valence-corrected chi connectivity index (χ0v) is 11.9. The molecule has 17 heavy (non-hydrogen) atoms. The third-order valence-electron chi connectivity index (χ3n) is 2.52. The van der Waals surface area contributed by atoms with E-state index in [0.29, 0.717) is 25.7 Å². The molecule has 0 spiro atoms. The lowest BCUT2D eigenvalue weighted by Gasteiger charge is -2.13. The van der Waals surface area contributed by atoms with E-state index in [2.05, 4.69) is 0 Å². The molecule has 2 rings (SSSR count). The fraction of sp³-hybridized carbons (Fsp3) is 0.0769. The molecule has 88 valence electrons. The van der Waals surface area contributed by atoms with Crippen molar-refractivity contribution in [2.75, 3.05) is 0 Å². The average Bonchev–Trinajstić information content (AvgIpc) is 2.28. The second-order valence-electron chi connectivity index (χ2n) is 3.65. The maximum Gasteiger partial charge on any atom is 0.0686 e. The summed E-state index contributed by atoms with van der Waals surface area (Å²) in [4.78, 5) is 0. The molecule has 0 heterocycles. The van der Waals surface area contributed by atoms with Crippen molar-refractivity contribution in [3.63, 3.8) is 0 Å². The molecule has 0 saturated heterocycles. The van der Waals surface area contributed by atoms with Gasteiger partial charge >= 0.3 is 0 Å². The summed E-state index contributed by atoms with van der Waals surface area (Å²) in [5.74, 6) is 0. The van der Waals surface area contributed by atoms with E-state index in [1.165, 1.54) is 0 Å². The van der Waals surface area contributed by atoms with Gasteiger partial charge in [0.15, 0.2) is 0 Å². The molecule has 0 aromatic heterocycles. The van der Waals surface area contributed by atoms with Crippen molar-refractivity contribution in [2.45, 2.75) is 6.92 Å². The third-order valence-corrected chi connectivity index (χ3v) is 3.95. The Morgan fingerprint density at radius 2 is 1.29 bits per heavy atom. The SMILES string of the molecule is Cc1cccc(Cl)c1-c1c(Cl)ccc(Cl)c1Cl.